The average Bonchev–Trinajstić information content (AvgIpc) is 2.69. The molecule has 0 aromatic heterocycles. The zero-order chi connectivity index (χ0) is 19.8. The fraction of sp³-hybridized carbons (Fsp3) is 0.263. The van der Waals surface area contributed by atoms with Crippen LogP contribution in [0.25, 0.3) is 11.6 Å². The molecule has 0 atom stereocenters. The Morgan fingerprint density at radius 3 is 2.07 bits per heavy atom. The maximum absolute atomic E-state index is 10.5. The number of nitrogens with zero attached hydrogens (tertiary/aromatic N) is 1. The van der Waals surface area contributed by atoms with E-state index < -0.39 is 0 Å². The Balaban J connectivity index is 2.56. The van der Waals surface area contributed by atoms with Gasteiger partial charge in [0, 0.05) is 5.57 Å². The molecule has 0 unspecified atom stereocenters. The van der Waals surface area contributed by atoms with E-state index in [0.717, 1.165) is 5.56 Å². The van der Waals surface area contributed by atoms with Gasteiger partial charge in [-0.3, -0.25) is 0 Å². The highest BCUT2D eigenvalue weighted by molar-refractivity contribution is 5.84. The predicted octanol–water partition coefficient (Wildman–Crippen LogP) is 3.54. The minimum Gasteiger partial charge on any atom is -0.495 e. The molecule has 0 spiro atoms. The number of nitrogens with two attached hydrogens (primary N) is 1. The summed E-state index contributed by atoms with van der Waals surface area (Å²) in [7, 11) is 6.12. The van der Waals surface area contributed by atoms with Gasteiger partial charge in [-0.15, -0.1) is 4.91 Å². The highest BCUT2D eigenvalue weighted by Gasteiger charge is 2.16. The van der Waals surface area contributed by atoms with Crippen LogP contribution in [0.5, 0.6) is 23.0 Å². The molecule has 2 rings (SSSR count). The Labute approximate surface area is 157 Å². The van der Waals surface area contributed by atoms with Crippen LogP contribution in [0, 0.1) is 4.91 Å². The van der Waals surface area contributed by atoms with E-state index in [1.807, 2.05) is 12.1 Å². The number of ether oxygens (including phenoxy) is 4. The number of benzene rings is 2. The van der Waals surface area contributed by atoms with Crippen LogP contribution in [-0.2, 0) is 4.84 Å². The molecule has 144 valence electrons. The van der Waals surface area contributed by atoms with E-state index in [9.17, 15) is 4.91 Å². The fourth-order valence-electron chi connectivity index (χ4n) is 2.61. The lowest BCUT2D eigenvalue weighted by Gasteiger charge is -2.15. The molecular formula is C19H22N2O6. The second-order valence-corrected chi connectivity index (χ2v) is 5.43. The van der Waals surface area contributed by atoms with E-state index in [4.69, 9.17) is 29.5 Å². The summed E-state index contributed by atoms with van der Waals surface area (Å²) >= 11 is 0. The third-order valence-corrected chi connectivity index (χ3v) is 3.90. The molecule has 2 aromatic carbocycles. The molecule has 8 heteroatoms. The second kappa shape index (κ2) is 9.33. The van der Waals surface area contributed by atoms with E-state index >= 15 is 0 Å². The Hall–Kier alpha value is -3.42. The predicted molar refractivity (Wildman–Crippen MR) is 103 cm³/mol. The summed E-state index contributed by atoms with van der Waals surface area (Å²) in [5.74, 6) is 2.00. The highest BCUT2D eigenvalue weighted by atomic mass is 16.7. The van der Waals surface area contributed by atoms with Crippen molar-refractivity contribution in [3.05, 3.63) is 46.4 Å². The van der Waals surface area contributed by atoms with Crippen LogP contribution in [0.2, 0.25) is 0 Å². The summed E-state index contributed by atoms with van der Waals surface area (Å²) in [5, 5.41) is 2.48. The van der Waals surface area contributed by atoms with Gasteiger partial charge in [0.1, 0.15) is 12.4 Å². The van der Waals surface area contributed by atoms with Crippen LogP contribution in [0.15, 0.2) is 35.7 Å². The molecule has 27 heavy (non-hydrogen) atoms. The number of anilines is 1. The van der Waals surface area contributed by atoms with Crippen LogP contribution < -0.4 is 24.7 Å². The molecule has 0 aliphatic carbocycles. The fourth-order valence-corrected chi connectivity index (χ4v) is 2.61. The summed E-state index contributed by atoms with van der Waals surface area (Å²) in [6, 6.07) is 8.86. The zero-order valence-corrected chi connectivity index (χ0v) is 15.6. The molecule has 0 aliphatic rings. The van der Waals surface area contributed by atoms with Gasteiger partial charge in [-0.05, 0) is 41.5 Å². The first kappa shape index (κ1) is 19.9. The molecule has 8 nitrogen and oxygen atoms in total. The van der Waals surface area contributed by atoms with Gasteiger partial charge in [0.05, 0.1) is 34.1 Å². The molecule has 0 bridgehead atoms. The number of rotatable bonds is 9. The van der Waals surface area contributed by atoms with Gasteiger partial charge in [0.25, 0.3) is 0 Å². The summed E-state index contributed by atoms with van der Waals surface area (Å²) in [6.07, 6.45) is 1.82. The van der Waals surface area contributed by atoms with Gasteiger partial charge >= 0.3 is 0 Å². The topological polar surface area (TPSA) is 102 Å². The number of hydrogen-bond donors (Lipinski definition) is 1. The van der Waals surface area contributed by atoms with Crippen molar-refractivity contribution >= 4 is 17.3 Å². The lowest BCUT2D eigenvalue weighted by molar-refractivity contribution is 0.175. The quantitative estimate of drug-likeness (QED) is 0.310. The Bertz CT molecular complexity index is 810. The van der Waals surface area contributed by atoms with Crippen molar-refractivity contribution in [2.75, 3.05) is 40.8 Å². The van der Waals surface area contributed by atoms with Gasteiger partial charge in [0.15, 0.2) is 16.8 Å². The van der Waals surface area contributed by atoms with Crippen molar-refractivity contribution in [2.45, 2.75) is 0 Å². The standard InChI is InChI=1S/C19H22N2O6/c1-23-16-6-5-12(8-15(16)20)7-14(11-27-21-22)13-9-17(24-2)19(26-4)18(10-13)25-3/h5-10H,11,20H2,1-4H3/b14-7-. The average molecular weight is 374 g/mol. The lowest BCUT2D eigenvalue weighted by atomic mass is 10.0. The van der Waals surface area contributed by atoms with Crippen LogP contribution in [0.1, 0.15) is 11.1 Å². The van der Waals surface area contributed by atoms with Crippen molar-refractivity contribution in [3.63, 3.8) is 0 Å². The maximum Gasteiger partial charge on any atom is 0.203 e. The normalized spacial score (nSPS) is 10.9. The van der Waals surface area contributed by atoms with Gasteiger partial charge < -0.3 is 29.5 Å². The molecule has 0 heterocycles. The monoisotopic (exact) mass is 374 g/mol. The molecule has 0 fully saturated rings. The zero-order valence-electron chi connectivity index (χ0n) is 15.6. The third kappa shape index (κ3) is 4.60. The summed E-state index contributed by atoms with van der Waals surface area (Å²) in [4.78, 5) is 15.2. The van der Waals surface area contributed by atoms with Crippen LogP contribution in [-0.4, -0.2) is 35.0 Å². The number of methoxy groups -OCH3 is 4. The Kier molecular flexibility index (Phi) is 6.87. The lowest BCUT2D eigenvalue weighted by Crippen LogP contribution is -1.99. The summed E-state index contributed by atoms with van der Waals surface area (Å²) in [6.45, 7) is -0.0475. The first-order valence-electron chi connectivity index (χ1n) is 7.97. The van der Waals surface area contributed by atoms with Crippen molar-refractivity contribution in [1.29, 1.82) is 0 Å². The number of nitrogen functional groups attached to an aromatic ring is 1. The van der Waals surface area contributed by atoms with Crippen molar-refractivity contribution in [1.82, 2.24) is 0 Å². The molecule has 0 saturated heterocycles. The molecule has 0 saturated carbocycles. The molecule has 2 N–H and O–H groups in total. The van der Waals surface area contributed by atoms with Gasteiger partial charge in [0.2, 0.25) is 5.75 Å². The second-order valence-electron chi connectivity index (χ2n) is 5.43. The molecular weight excluding hydrogens is 352 g/mol. The third-order valence-electron chi connectivity index (χ3n) is 3.90. The van der Waals surface area contributed by atoms with E-state index in [1.54, 1.807) is 31.4 Å². The smallest absolute Gasteiger partial charge is 0.203 e. The molecule has 2 aromatic rings. The van der Waals surface area contributed by atoms with Crippen molar-refractivity contribution in [2.24, 2.45) is 5.34 Å². The van der Waals surface area contributed by atoms with Crippen molar-refractivity contribution in [3.8, 4) is 23.0 Å². The van der Waals surface area contributed by atoms with Gasteiger partial charge in [-0.25, -0.2) is 0 Å². The number of hydrogen-bond acceptors (Lipinski definition) is 8. The van der Waals surface area contributed by atoms with Crippen LogP contribution >= 0.6 is 0 Å². The Morgan fingerprint density at radius 1 is 0.963 bits per heavy atom. The van der Waals surface area contributed by atoms with Crippen LogP contribution in [0.3, 0.4) is 0 Å². The van der Waals surface area contributed by atoms with E-state index in [1.165, 1.54) is 21.3 Å². The highest BCUT2D eigenvalue weighted by Crippen LogP contribution is 2.40. The molecule has 0 amide bonds. The van der Waals surface area contributed by atoms with Crippen LogP contribution in [0.4, 0.5) is 5.69 Å². The first-order chi connectivity index (χ1) is 13.1. The summed E-state index contributed by atoms with van der Waals surface area (Å²) < 4.78 is 21.3. The molecule has 0 radical (unpaired) electrons. The SMILES string of the molecule is COc1ccc(/C=C(/CON=O)c2cc(OC)c(OC)c(OC)c2)cc1N. The van der Waals surface area contributed by atoms with Gasteiger partial charge in [-0.2, -0.15) is 0 Å². The van der Waals surface area contributed by atoms with Gasteiger partial charge in [-0.1, -0.05) is 6.07 Å². The largest absolute Gasteiger partial charge is 0.495 e. The van der Waals surface area contributed by atoms with Crippen molar-refractivity contribution < 1.29 is 23.8 Å². The Morgan fingerprint density at radius 2 is 1.59 bits per heavy atom. The molecule has 0 aliphatic heterocycles. The van der Waals surface area contributed by atoms with E-state index in [-0.39, 0.29) is 6.61 Å². The minimum absolute atomic E-state index is 0.0475. The summed E-state index contributed by atoms with van der Waals surface area (Å²) in [5.41, 5.74) is 8.63. The van der Waals surface area contributed by atoms with E-state index in [0.29, 0.717) is 39.8 Å². The first-order valence-corrected chi connectivity index (χ1v) is 7.97. The minimum atomic E-state index is -0.0475. The van der Waals surface area contributed by atoms with E-state index in [2.05, 4.69) is 5.34 Å². The maximum atomic E-state index is 10.5.